The summed E-state index contributed by atoms with van der Waals surface area (Å²) in [6.45, 7) is 1.66. The summed E-state index contributed by atoms with van der Waals surface area (Å²) in [5, 5.41) is 0. The van der Waals surface area contributed by atoms with Crippen LogP contribution in [0.15, 0.2) is 58.3 Å². The summed E-state index contributed by atoms with van der Waals surface area (Å²) in [5.41, 5.74) is 1.28. The minimum atomic E-state index is -4.24. The van der Waals surface area contributed by atoms with Gasteiger partial charge in [-0.15, -0.1) is 0 Å². The zero-order valence-electron chi connectivity index (χ0n) is 20.9. The molecule has 0 saturated carbocycles. The van der Waals surface area contributed by atoms with Gasteiger partial charge in [-0.1, -0.05) is 24.3 Å². The highest BCUT2D eigenvalue weighted by Gasteiger charge is 2.11. The highest BCUT2D eigenvalue weighted by Crippen LogP contribution is 2.23. The summed E-state index contributed by atoms with van der Waals surface area (Å²) in [7, 11) is -13.3. The van der Waals surface area contributed by atoms with Gasteiger partial charge in [0.25, 0.3) is 40.5 Å². The fourth-order valence-electron chi connectivity index (χ4n) is 2.84. The van der Waals surface area contributed by atoms with Gasteiger partial charge >= 0.3 is 0 Å². The minimum absolute atomic E-state index is 0.156. The summed E-state index contributed by atoms with van der Waals surface area (Å²) in [6.07, 6.45) is 3.21. The fourth-order valence-corrected chi connectivity index (χ4v) is 4.64. The Morgan fingerprint density at radius 3 is 1.13 bits per heavy atom. The van der Waals surface area contributed by atoms with E-state index in [1.165, 1.54) is 48.5 Å². The fraction of sp³-hybridized carbons (Fsp3) is 0.429. The van der Waals surface area contributed by atoms with E-state index in [9.17, 15) is 33.7 Å². The van der Waals surface area contributed by atoms with Crippen molar-refractivity contribution in [1.82, 2.24) is 4.90 Å². The molecule has 0 aromatic heterocycles. The van der Waals surface area contributed by atoms with Crippen LogP contribution >= 0.6 is 0 Å². The Hall–Kier alpha value is -1.96. The minimum Gasteiger partial charge on any atom is -0.306 e. The van der Waals surface area contributed by atoms with E-state index in [1.807, 2.05) is 11.9 Å². The van der Waals surface area contributed by atoms with Crippen LogP contribution in [0.1, 0.15) is 12.8 Å². The van der Waals surface area contributed by atoms with Crippen molar-refractivity contribution in [2.45, 2.75) is 22.6 Å². The van der Waals surface area contributed by atoms with E-state index in [1.54, 1.807) is 0 Å². The second kappa shape index (κ2) is 14.4. The zero-order chi connectivity index (χ0) is 29.2. The van der Waals surface area contributed by atoms with Crippen molar-refractivity contribution in [2.24, 2.45) is 0 Å². The second-order valence-corrected chi connectivity index (χ2v) is 14.2. The van der Waals surface area contributed by atoms with Crippen molar-refractivity contribution in [1.29, 1.82) is 0 Å². The van der Waals surface area contributed by atoms with Crippen molar-refractivity contribution in [2.75, 3.05) is 45.9 Å². The molecule has 0 unspecified atom stereocenters. The molecule has 2 rings (SSSR count). The molecule has 0 aliphatic rings. The van der Waals surface area contributed by atoms with E-state index in [2.05, 4.69) is 8.37 Å². The Labute approximate surface area is 224 Å². The van der Waals surface area contributed by atoms with Crippen LogP contribution in [0, 0.1) is 0 Å². The zero-order valence-corrected chi connectivity index (χ0v) is 24.2. The van der Waals surface area contributed by atoms with Crippen LogP contribution in [-0.2, 0) is 48.8 Å². The Bertz CT molecular complexity index is 1340. The smallest absolute Gasteiger partial charge is 0.294 e. The van der Waals surface area contributed by atoms with Gasteiger partial charge in [-0.3, -0.25) is 17.5 Å². The molecule has 0 aliphatic carbocycles. The Morgan fingerprint density at radius 1 is 0.605 bits per heavy atom. The lowest BCUT2D eigenvalue weighted by atomic mass is 10.1. The molecule has 0 spiro atoms. The molecule has 0 radical (unpaired) electrons. The van der Waals surface area contributed by atoms with Gasteiger partial charge in [-0.25, -0.2) is 0 Å². The third-order valence-corrected chi connectivity index (χ3v) is 7.53. The monoisotopic (exact) mass is 617 g/mol. The van der Waals surface area contributed by atoms with Crippen LogP contribution in [0.3, 0.4) is 0 Å². The summed E-state index contributed by atoms with van der Waals surface area (Å²) < 4.78 is 113. The summed E-state index contributed by atoms with van der Waals surface area (Å²) in [6, 6.07) is 10.9. The van der Waals surface area contributed by atoms with E-state index >= 15 is 0 Å². The Morgan fingerprint density at radius 2 is 0.895 bits per heavy atom. The molecule has 2 aromatic rings. The van der Waals surface area contributed by atoms with Crippen LogP contribution < -0.4 is 0 Å². The van der Waals surface area contributed by atoms with Crippen molar-refractivity contribution < 1.29 is 51.1 Å². The van der Waals surface area contributed by atoms with Gasteiger partial charge in [0.15, 0.2) is 0 Å². The first-order chi connectivity index (χ1) is 17.3. The molecule has 38 heavy (non-hydrogen) atoms. The van der Waals surface area contributed by atoms with Crippen molar-refractivity contribution in [3.63, 3.8) is 0 Å². The molecule has 0 fully saturated rings. The highest BCUT2D eigenvalue weighted by atomic mass is 32.2. The topological polar surface area (TPSA) is 199 Å². The van der Waals surface area contributed by atoms with Gasteiger partial charge in [0.05, 0.1) is 35.5 Å². The van der Waals surface area contributed by atoms with E-state index in [4.69, 9.17) is 9.11 Å². The SMILES string of the molecule is CN(CCCOS(C)(=O)=O)CCCOS(C)(=O)=O.O=S(=O)(O)c1ccc(-c2ccc(S(=O)(=O)O)cc2)cc1. The normalized spacial score (nSPS) is 12.7. The maximum Gasteiger partial charge on any atom is 0.294 e. The molecule has 0 bridgehead atoms. The van der Waals surface area contributed by atoms with E-state index in [-0.39, 0.29) is 23.0 Å². The number of hydrogen-bond donors (Lipinski definition) is 2. The molecule has 0 atom stereocenters. The summed E-state index contributed by atoms with van der Waals surface area (Å²) >= 11 is 0. The Balaban J connectivity index is 0.000000383. The molecule has 0 aliphatic heterocycles. The quantitative estimate of drug-likeness (QED) is 0.186. The molecular weight excluding hydrogens is 586 g/mol. The predicted molar refractivity (Wildman–Crippen MR) is 140 cm³/mol. The van der Waals surface area contributed by atoms with Crippen LogP contribution in [0.2, 0.25) is 0 Å². The van der Waals surface area contributed by atoms with E-state index in [0.717, 1.165) is 12.5 Å². The van der Waals surface area contributed by atoms with Gasteiger partial charge < -0.3 is 4.90 Å². The third kappa shape index (κ3) is 14.8. The number of benzene rings is 2. The average Bonchev–Trinajstić information content (AvgIpc) is 2.78. The van der Waals surface area contributed by atoms with Gasteiger partial charge in [0, 0.05) is 13.1 Å². The lowest BCUT2D eigenvalue weighted by Crippen LogP contribution is -2.23. The van der Waals surface area contributed by atoms with Crippen LogP contribution in [0.5, 0.6) is 0 Å². The predicted octanol–water partition coefficient (Wildman–Crippen LogP) is 1.50. The lowest BCUT2D eigenvalue weighted by molar-refractivity contribution is 0.245. The third-order valence-electron chi connectivity index (χ3n) is 4.60. The van der Waals surface area contributed by atoms with Crippen LogP contribution in [-0.4, -0.2) is 93.5 Å². The highest BCUT2D eigenvalue weighted by molar-refractivity contribution is 7.86. The number of nitrogens with zero attached hydrogens (tertiary/aromatic N) is 1. The molecule has 2 aromatic carbocycles. The molecule has 0 saturated heterocycles. The van der Waals surface area contributed by atoms with Crippen molar-refractivity contribution in [3.8, 4) is 11.1 Å². The average molecular weight is 618 g/mol. The van der Waals surface area contributed by atoms with Crippen molar-refractivity contribution in [3.05, 3.63) is 48.5 Å². The largest absolute Gasteiger partial charge is 0.306 e. The lowest BCUT2D eigenvalue weighted by Gasteiger charge is -2.15. The first kappa shape index (κ1) is 34.1. The molecular formula is C21H31NO12S4. The molecule has 13 nitrogen and oxygen atoms in total. The van der Waals surface area contributed by atoms with Gasteiger partial charge in [-0.05, 0) is 55.3 Å². The number of rotatable bonds is 13. The molecule has 2 N–H and O–H groups in total. The summed E-state index contributed by atoms with van der Waals surface area (Å²) in [5.74, 6) is 0. The molecule has 17 heteroatoms. The Kier molecular flexibility index (Phi) is 12.9. The maximum atomic E-state index is 10.9. The van der Waals surface area contributed by atoms with Gasteiger partial charge in [0.2, 0.25) is 0 Å². The standard InChI is InChI=1S/C12H10O6S2.C9H21NO6S2/c13-19(14,15)11-5-1-9(2-6-11)10-3-7-12(8-4-10)20(16,17)18;1-10(6-4-8-15-17(2,11)12)7-5-9-16-18(3,13)14/h1-8H,(H,13,14,15)(H,16,17,18);4-9H2,1-3H3. The van der Waals surface area contributed by atoms with Crippen LogP contribution in [0.4, 0.5) is 0 Å². The second-order valence-electron chi connectivity index (χ2n) is 8.06. The first-order valence-electron chi connectivity index (χ1n) is 10.8. The number of hydrogen-bond acceptors (Lipinski definition) is 11. The molecule has 0 heterocycles. The molecule has 0 amide bonds. The van der Waals surface area contributed by atoms with Crippen LogP contribution in [0.25, 0.3) is 11.1 Å². The maximum absolute atomic E-state index is 10.9. The van der Waals surface area contributed by atoms with Gasteiger partial charge in [0.1, 0.15) is 0 Å². The van der Waals surface area contributed by atoms with E-state index in [0.29, 0.717) is 37.1 Å². The summed E-state index contributed by atoms with van der Waals surface area (Å²) in [4.78, 5) is 1.50. The van der Waals surface area contributed by atoms with Gasteiger partial charge in [-0.2, -0.15) is 33.7 Å². The first-order valence-corrected chi connectivity index (χ1v) is 17.3. The molecule has 216 valence electrons. The van der Waals surface area contributed by atoms with E-state index < -0.39 is 40.5 Å². The van der Waals surface area contributed by atoms with Crippen molar-refractivity contribution >= 4 is 40.5 Å².